The lowest BCUT2D eigenvalue weighted by molar-refractivity contribution is 0.158. The largest absolute Gasteiger partial charge is 0.496 e. The van der Waals surface area contributed by atoms with Crippen molar-refractivity contribution >= 4 is 9.84 Å². The van der Waals surface area contributed by atoms with Gasteiger partial charge in [-0.15, -0.1) is 0 Å². The van der Waals surface area contributed by atoms with Gasteiger partial charge in [0.1, 0.15) is 27.1 Å². The van der Waals surface area contributed by atoms with Crippen LogP contribution in [-0.4, -0.2) is 46.9 Å². The van der Waals surface area contributed by atoms with Gasteiger partial charge in [0.25, 0.3) is 0 Å². The van der Waals surface area contributed by atoms with Gasteiger partial charge in [-0.05, 0) is 12.8 Å². The van der Waals surface area contributed by atoms with Crippen molar-refractivity contribution in [2.45, 2.75) is 18.9 Å². The van der Waals surface area contributed by atoms with E-state index in [1.807, 2.05) is 0 Å². The molecule has 0 aromatic heterocycles. The molecule has 1 unspecified atom stereocenters. The fraction of sp³-hybridized carbons (Fsp3) is 0.571. The minimum absolute atomic E-state index is 0.0326. The molecule has 6 nitrogen and oxygen atoms in total. The van der Waals surface area contributed by atoms with Crippen molar-refractivity contribution < 1.29 is 27.7 Å². The van der Waals surface area contributed by atoms with E-state index in [4.69, 9.17) is 14.2 Å². The molecule has 120 valence electrons. The van der Waals surface area contributed by atoms with Gasteiger partial charge in [0, 0.05) is 24.1 Å². The molecule has 0 saturated carbocycles. The minimum Gasteiger partial charge on any atom is -0.496 e. The summed E-state index contributed by atoms with van der Waals surface area (Å²) in [5, 5.41) is 10.3. The van der Waals surface area contributed by atoms with E-state index in [1.54, 1.807) is 12.1 Å². The topological polar surface area (TPSA) is 82.1 Å². The molecular weight excluding hydrogens is 296 g/mol. The Morgan fingerprint density at radius 2 is 1.62 bits per heavy atom. The van der Waals surface area contributed by atoms with E-state index >= 15 is 0 Å². The number of methoxy groups -OCH3 is 3. The molecule has 0 amide bonds. The van der Waals surface area contributed by atoms with Gasteiger partial charge in [0.05, 0.1) is 33.0 Å². The van der Waals surface area contributed by atoms with E-state index in [-0.39, 0.29) is 5.75 Å². The third-order valence-electron chi connectivity index (χ3n) is 3.08. The standard InChI is InChI=1S/C14H22O6S/c1-18-10-8-12(19-2)14(13(9-10)20-3)11(15)6-5-7-21(4,16)17/h8-9,11,15H,5-7H2,1-4H3. The van der Waals surface area contributed by atoms with Crippen LogP contribution in [-0.2, 0) is 9.84 Å². The summed E-state index contributed by atoms with van der Waals surface area (Å²) < 4.78 is 37.9. The highest BCUT2D eigenvalue weighted by atomic mass is 32.2. The van der Waals surface area contributed by atoms with Gasteiger partial charge in [-0.1, -0.05) is 0 Å². The zero-order valence-corrected chi connectivity index (χ0v) is 13.6. The first-order valence-electron chi connectivity index (χ1n) is 6.48. The molecule has 0 saturated heterocycles. The molecule has 0 fully saturated rings. The fourth-order valence-electron chi connectivity index (χ4n) is 2.04. The van der Waals surface area contributed by atoms with Gasteiger partial charge in [-0.3, -0.25) is 0 Å². The van der Waals surface area contributed by atoms with Gasteiger partial charge >= 0.3 is 0 Å². The summed E-state index contributed by atoms with van der Waals surface area (Å²) in [5.41, 5.74) is 0.495. The second-order valence-corrected chi connectivity index (χ2v) is 6.99. The van der Waals surface area contributed by atoms with Crippen LogP contribution in [0.5, 0.6) is 17.2 Å². The van der Waals surface area contributed by atoms with E-state index in [1.165, 1.54) is 27.6 Å². The Labute approximate surface area is 125 Å². The Hall–Kier alpha value is -1.47. The molecule has 0 heterocycles. The molecule has 1 aromatic rings. The van der Waals surface area contributed by atoms with Crippen molar-refractivity contribution in [1.29, 1.82) is 0 Å². The van der Waals surface area contributed by atoms with Crippen LogP contribution < -0.4 is 14.2 Å². The van der Waals surface area contributed by atoms with Gasteiger partial charge in [0.15, 0.2) is 0 Å². The summed E-state index contributed by atoms with van der Waals surface area (Å²) >= 11 is 0. The molecule has 0 aliphatic heterocycles. The van der Waals surface area contributed by atoms with Crippen molar-refractivity contribution in [2.75, 3.05) is 33.3 Å². The highest BCUT2D eigenvalue weighted by molar-refractivity contribution is 7.90. The first-order valence-corrected chi connectivity index (χ1v) is 8.54. The third-order valence-corrected chi connectivity index (χ3v) is 4.11. The first-order chi connectivity index (χ1) is 9.82. The van der Waals surface area contributed by atoms with Crippen LogP contribution in [0.1, 0.15) is 24.5 Å². The van der Waals surface area contributed by atoms with Crippen LogP contribution >= 0.6 is 0 Å². The summed E-state index contributed by atoms with van der Waals surface area (Å²) in [7, 11) is 1.46. The lowest BCUT2D eigenvalue weighted by Crippen LogP contribution is -2.08. The molecule has 21 heavy (non-hydrogen) atoms. The molecule has 0 radical (unpaired) electrons. The quantitative estimate of drug-likeness (QED) is 0.783. The van der Waals surface area contributed by atoms with Gasteiger partial charge in [-0.2, -0.15) is 0 Å². The highest BCUT2D eigenvalue weighted by Gasteiger charge is 2.21. The van der Waals surface area contributed by atoms with Crippen LogP contribution in [0.15, 0.2) is 12.1 Å². The number of hydrogen-bond donors (Lipinski definition) is 1. The highest BCUT2D eigenvalue weighted by Crippen LogP contribution is 2.39. The maximum absolute atomic E-state index is 11.1. The predicted molar refractivity (Wildman–Crippen MR) is 80.0 cm³/mol. The summed E-state index contributed by atoms with van der Waals surface area (Å²) in [6, 6.07) is 3.30. The minimum atomic E-state index is -3.04. The van der Waals surface area contributed by atoms with Crippen LogP contribution in [0.3, 0.4) is 0 Å². The Kier molecular flexibility index (Phi) is 6.29. The van der Waals surface area contributed by atoms with Gasteiger partial charge in [0.2, 0.25) is 0 Å². The van der Waals surface area contributed by atoms with Crippen molar-refractivity contribution in [3.8, 4) is 17.2 Å². The van der Waals surface area contributed by atoms with E-state index in [2.05, 4.69) is 0 Å². The number of sulfone groups is 1. The SMILES string of the molecule is COc1cc(OC)c(C(O)CCCS(C)(=O)=O)c(OC)c1. The number of aliphatic hydroxyl groups excluding tert-OH is 1. The first kappa shape index (κ1) is 17.6. The number of hydrogen-bond acceptors (Lipinski definition) is 6. The van der Waals surface area contributed by atoms with Gasteiger partial charge < -0.3 is 19.3 Å². The second kappa shape index (κ2) is 7.51. The molecule has 0 aliphatic carbocycles. The molecule has 1 aromatic carbocycles. The zero-order valence-electron chi connectivity index (χ0n) is 12.8. The van der Waals surface area contributed by atoms with E-state index < -0.39 is 15.9 Å². The lowest BCUT2D eigenvalue weighted by Gasteiger charge is -2.19. The monoisotopic (exact) mass is 318 g/mol. The maximum Gasteiger partial charge on any atom is 0.147 e. The third kappa shape index (κ3) is 5.09. The zero-order chi connectivity index (χ0) is 16.0. The van der Waals surface area contributed by atoms with Gasteiger partial charge in [-0.25, -0.2) is 8.42 Å². The molecule has 1 N–H and O–H groups in total. The number of aliphatic hydroxyl groups is 1. The normalized spacial score (nSPS) is 12.8. The molecule has 1 atom stereocenters. The Bertz CT molecular complexity index is 542. The maximum atomic E-state index is 11.1. The summed E-state index contributed by atoms with van der Waals surface area (Å²) in [5.74, 6) is 1.47. The smallest absolute Gasteiger partial charge is 0.147 e. The molecule has 7 heteroatoms. The molecule has 0 aliphatic rings. The number of rotatable bonds is 8. The fourth-order valence-corrected chi connectivity index (χ4v) is 2.74. The van der Waals surface area contributed by atoms with Crippen molar-refractivity contribution in [2.24, 2.45) is 0 Å². The summed E-state index contributed by atoms with van der Waals surface area (Å²) in [6.45, 7) is 0. The molecule has 0 bridgehead atoms. The average molecular weight is 318 g/mol. The molecular formula is C14H22O6S. The van der Waals surface area contributed by atoms with Crippen molar-refractivity contribution in [3.05, 3.63) is 17.7 Å². The lowest BCUT2D eigenvalue weighted by atomic mass is 10.0. The Morgan fingerprint density at radius 3 is 2.00 bits per heavy atom. The van der Waals surface area contributed by atoms with E-state index in [9.17, 15) is 13.5 Å². The van der Waals surface area contributed by atoms with Crippen LogP contribution in [0.25, 0.3) is 0 Å². The van der Waals surface area contributed by atoms with Crippen molar-refractivity contribution in [1.82, 2.24) is 0 Å². The summed E-state index contributed by atoms with van der Waals surface area (Å²) in [4.78, 5) is 0. The van der Waals surface area contributed by atoms with E-state index in [0.29, 0.717) is 35.7 Å². The van der Waals surface area contributed by atoms with Crippen LogP contribution in [0.4, 0.5) is 0 Å². The van der Waals surface area contributed by atoms with E-state index in [0.717, 1.165) is 0 Å². The number of benzene rings is 1. The summed E-state index contributed by atoms with van der Waals surface area (Å²) in [6.07, 6.45) is 0.959. The van der Waals surface area contributed by atoms with Crippen molar-refractivity contribution in [3.63, 3.8) is 0 Å². The molecule has 1 rings (SSSR count). The molecule has 0 spiro atoms. The Balaban J connectivity index is 2.98. The van der Waals surface area contributed by atoms with Crippen LogP contribution in [0, 0.1) is 0 Å². The Morgan fingerprint density at radius 1 is 1.10 bits per heavy atom. The number of ether oxygens (including phenoxy) is 3. The average Bonchev–Trinajstić information content (AvgIpc) is 2.43. The van der Waals surface area contributed by atoms with Crippen LogP contribution in [0.2, 0.25) is 0 Å². The second-order valence-electron chi connectivity index (χ2n) is 4.73. The predicted octanol–water partition coefficient (Wildman–Crippen LogP) is 1.57.